The molecule has 0 spiro atoms. The Balaban J connectivity index is 1.76. The van der Waals surface area contributed by atoms with Gasteiger partial charge in [0.25, 0.3) is 0 Å². The number of fused-ring (bicyclic) bond motifs is 5. The maximum atomic E-state index is 9.57. The van der Waals surface area contributed by atoms with Gasteiger partial charge < -0.3 is 10.2 Å². The van der Waals surface area contributed by atoms with Crippen LogP contribution in [0.2, 0.25) is 0 Å². The second kappa shape index (κ2) is 4.24. The normalized spacial score (nSPS) is 53.5. The number of hydrogen-bond donors (Lipinski definition) is 2. The molecule has 2 heteroatoms. The van der Waals surface area contributed by atoms with E-state index in [4.69, 9.17) is 0 Å². The van der Waals surface area contributed by atoms with Gasteiger partial charge in [0.05, 0.1) is 0 Å². The van der Waals surface area contributed by atoms with Gasteiger partial charge in [0, 0.05) is 13.2 Å². The van der Waals surface area contributed by atoms with Gasteiger partial charge in [-0.2, -0.15) is 0 Å². The average Bonchev–Trinajstić information content (AvgIpc) is 2.60. The van der Waals surface area contributed by atoms with Crippen molar-refractivity contribution in [1.29, 1.82) is 0 Å². The largest absolute Gasteiger partial charge is 0.396 e. The molecule has 17 heavy (non-hydrogen) atoms. The second-order valence-electron chi connectivity index (χ2n) is 7.32. The molecule has 0 aromatic carbocycles. The van der Waals surface area contributed by atoms with Crippen LogP contribution in [0.5, 0.6) is 0 Å². The van der Waals surface area contributed by atoms with E-state index >= 15 is 0 Å². The Morgan fingerprint density at radius 2 is 1.76 bits per heavy atom. The summed E-state index contributed by atoms with van der Waals surface area (Å²) in [5.41, 5.74) is 0.188. The quantitative estimate of drug-likeness (QED) is 0.775. The Kier molecular flexibility index (Phi) is 2.99. The van der Waals surface area contributed by atoms with Crippen molar-refractivity contribution in [2.24, 2.45) is 35.0 Å². The molecule has 0 aromatic heterocycles. The SMILES string of the molecule is CC1(CO)CCC2C3CC(CO)CC(C3)C2C1. The van der Waals surface area contributed by atoms with Crippen molar-refractivity contribution in [1.82, 2.24) is 0 Å². The third-order valence-electron chi connectivity index (χ3n) is 6.09. The van der Waals surface area contributed by atoms with E-state index in [1.54, 1.807) is 0 Å². The van der Waals surface area contributed by atoms with Gasteiger partial charge >= 0.3 is 0 Å². The van der Waals surface area contributed by atoms with Gasteiger partial charge in [-0.1, -0.05) is 6.92 Å². The third-order valence-corrected chi connectivity index (χ3v) is 6.09. The zero-order valence-corrected chi connectivity index (χ0v) is 10.9. The predicted molar refractivity (Wildman–Crippen MR) is 67.4 cm³/mol. The van der Waals surface area contributed by atoms with Crippen LogP contribution in [0.25, 0.3) is 0 Å². The molecule has 0 aromatic rings. The zero-order chi connectivity index (χ0) is 12.0. The number of aliphatic hydroxyl groups is 2. The van der Waals surface area contributed by atoms with E-state index in [1.165, 1.54) is 38.5 Å². The lowest BCUT2D eigenvalue weighted by molar-refractivity contribution is 0.0373. The highest BCUT2D eigenvalue weighted by Gasteiger charge is 2.51. The second-order valence-corrected chi connectivity index (χ2v) is 7.32. The van der Waals surface area contributed by atoms with Crippen LogP contribution in [0, 0.1) is 35.0 Å². The van der Waals surface area contributed by atoms with E-state index in [1.807, 2.05) is 0 Å². The Morgan fingerprint density at radius 3 is 2.41 bits per heavy atom. The molecular weight excluding hydrogens is 212 g/mol. The fourth-order valence-electron chi connectivity index (χ4n) is 5.18. The minimum absolute atomic E-state index is 0.188. The molecule has 3 fully saturated rings. The zero-order valence-electron chi connectivity index (χ0n) is 10.9. The minimum Gasteiger partial charge on any atom is -0.396 e. The van der Waals surface area contributed by atoms with Crippen molar-refractivity contribution >= 4 is 0 Å². The van der Waals surface area contributed by atoms with E-state index in [0.29, 0.717) is 19.1 Å². The monoisotopic (exact) mass is 238 g/mol. The van der Waals surface area contributed by atoms with Crippen molar-refractivity contribution in [3.63, 3.8) is 0 Å². The molecule has 6 unspecified atom stereocenters. The molecule has 3 aliphatic carbocycles. The van der Waals surface area contributed by atoms with E-state index in [-0.39, 0.29) is 5.41 Å². The van der Waals surface area contributed by atoms with Crippen LogP contribution >= 0.6 is 0 Å². The molecule has 0 aliphatic heterocycles. The van der Waals surface area contributed by atoms with Crippen LogP contribution < -0.4 is 0 Å². The van der Waals surface area contributed by atoms with Crippen molar-refractivity contribution in [2.75, 3.05) is 13.2 Å². The summed E-state index contributed by atoms with van der Waals surface area (Å²) >= 11 is 0. The first-order chi connectivity index (χ1) is 8.15. The Morgan fingerprint density at radius 1 is 1.06 bits per heavy atom. The molecule has 3 rings (SSSR count). The number of aliphatic hydroxyl groups excluding tert-OH is 2. The highest BCUT2D eigenvalue weighted by molar-refractivity contribution is 5.01. The molecule has 0 heterocycles. The van der Waals surface area contributed by atoms with Crippen LogP contribution in [0.15, 0.2) is 0 Å². The van der Waals surface area contributed by atoms with E-state index in [2.05, 4.69) is 6.92 Å². The lowest BCUT2D eigenvalue weighted by Crippen LogP contribution is -2.34. The highest BCUT2D eigenvalue weighted by atomic mass is 16.3. The maximum absolute atomic E-state index is 9.57. The molecule has 2 bridgehead atoms. The summed E-state index contributed by atoms with van der Waals surface area (Å²) in [5.74, 6) is 4.07. The van der Waals surface area contributed by atoms with Crippen LogP contribution in [0.1, 0.15) is 45.4 Å². The van der Waals surface area contributed by atoms with Crippen LogP contribution in [0.4, 0.5) is 0 Å². The first kappa shape index (κ1) is 12.0. The molecule has 0 radical (unpaired) electrons. The van der Waals surface area contributed by atoms with Crippen molar-refractivity contribution in [3.05, 3.63) is 0 Å². The lowest BCUT2D eigenvalue weighted by Gasteiger charge is -2.41. The Labute approximate surface area is 104 Å². The van der Waals surface area contributed by atoms with Gasteiger partial charge in [0.2, 0.25) is 0 Å². The maximum Gasteiger partial charge on any atom is 0.0484 e. The summed E-state index contributed by atoms with van der Waals surface area (Å²) in [5, 5.41) is 19.0. The molecule has 0 amide bonds. The standard InChI is InChI=1S/C15H26O2/c1-15(9-17)3-2-13-11-4-10(8-16)5-12(6-11)14(13)7-15/h10-14,16-17H,2-9H2,1H3. The molecule has 3 aliphatic rings. The first-order valence-electron chi connectivity index (χ1n) is 7.37. The van der Waals surface area contributed by atoms with Crippen LogP contribution in [0.3, 0.4) is 0 Å². The highest BCUT2D eigenvalue weighted by Crippen LogP contribution is 2.59. The van der Waals surface area contributed by atoms with Gasteiger partial charge in [0.15, 0.2) is 0 Å². The summed E-state index contributed by atoms with van der Waals surface area (Å²) in [6.45, 7) is 3.01. The fourth-order valence-corrected chi connectivity index (χ4v) is 5.18. The lowest BCUT2D eigenvalue weighted by atomic mass is 9.65. The van der Waals surface area contributed by atoms with Crippen molar-refractivity contribution in [3.8, 4) is 0 Å². The van der Waals surface area contributed by atoms with Gasteiger partial charge in [-0.15, -0.1) is 0 Å². The smallest absolute Gasteiger partial charge is 0.0484 e. The molecule has 98 valence electrons. The van der Waals surface area contributed by atoms with Crippen LogP contribution in [-0.4, -0.2) is 23.4 Å². The van der Waals surface area contributed by atoms with E-state index in [0.717, 1.165) is 23.7 Å². The summed E-state index contributed by atoms with van der Waals surface area (Å²) in [4.78, 5) is 0. The fraction of sp³-hybridized carbons (Fsp3) is 1.00. The molecule has 6 atom stereocenters. The summed E-state index contributed by atoms with van der Waals surface area (Å²) in [6, 6.07) is 0. The van der Waals surface area contributed by atoms with E-state index < -0.39 is 0 Å². The third kappa shape index (κ3) is 1.94. The van der Waals surface area contributed by atoms with Gasteiger partial charge in [-0.05, 0) is 73.5 Å². The summed E-state index contributed by atoms with van der Waals surface area (Å²) < 4.78 is 0. The topological polar surface area (TPSA) is 40.5 Å². The van der Waals surface area contributed by atoms with Crippen molar-refractivity contribution < 1.29 is 10.2 Å². The van der Waals surface area contributed by atoms with Gasteiger partial charge in [0.1, 0.15) is 0 Å². The van der Waals surface area contributed by atoms with Gasteiger partial charge in [-0.3, -0.25) is 0 Å². The first-order valence-corrected chi connectivity index (χ1v) is 7.37. The minimum atomic E-state index is 0.188. The van der Waals surface area contributed by atoms with Crippen LogP contribution in [-0.2, 0) is 0 Å². The molecule has 3 saturated carbocycles. The molecule has 0 saturated heterocycles. The molecular formula is C15H26O2. The number of rotatable bonds is 2. The van der Waals surface area contributed by atoms with E-state index in [9.17, 15) is 10.2 Å². The number of hydrogen-bond acceptors (Lipinski definition) is 2. The summed E-state index contributed by atoms with van der Waals surface area (Å²) in [6.07, 6.45) is 7.68. The van der Waals surface area contributed by atoms with Crippen molar-refractivity contribution in [2.45, 2.75) is 45.4 Å². The average molecular weight is 238 g/mol. The van der Waals surface area contributed by atoms with Gasteiger partial charge in [-0.25, -0.2) is 0 Å². The summed E-state index contributed by atoms with van der Waals surface area (Å²) in [7, 11) is 0. The molecule has 2 N–H and O–H groups in total. The predicted octanol–water partition coefficient (Wildman–Crippen LogP) is 2.44. The Bertz CT molecular complexity index is 291. The molecule has 2 nitrogen and oxygen atoms in total. The Hall–Kier alpha value is -0.0800.